The number of amides is 2. The summed E-state index contributed by atoms with van der Waals surface area (Å²) in [5, 5.41) is 0.247. The van der Waals surface area contributed by atoms with Gasteiger partial charge in [0, 0.05) is 36.8 Å². The van der Waals surface area contributed by atoms with Crippen molar-refractivity contribution >= 4 is 23.4 Å². The minimum Gasteiger partial charge on any atom is -0.472 e. The highest BCUT2D eigenvalue weighted by molar-refractivity contribution is 6.31. The van der Waals surface area contributed by atoms with Gasteiger partial charge in [-0.25, -0.2) is 4.39 Å². The van der Waals surface area contributed by atoms with E-state index in [1.54, 1.807) is 21.9 Å². The Labute approximate surface area is 143 Å². The van der Waals surface area contributed by atoms with E-state index >= 15 is 0 Å². The van der Waals surface area contributed by atoms with Gasteiger partial charge in [-0.1, -0.05) is 17.7 Å². The molecule has 1 aromatic carbocycles. The summed E-state index contributed by atoms with van der Waals surface area (Å²) in [7, 11) is 0. The standard InChI is InChI=1S/C17H16ClFN2O3/c18-14-2-1-3-15(19)13(14)10-16(22)20-5-7-21(8-6-20)17(23)12-4-9-24-11-12/h1-4,9,11H,5-8,10H2. The molecule has 1 aromatic heterocycles. The fourth-order valence-corrected chi connectivity index (χ4v) is 2.92. The van der Waals surface area contributed by atoms with Gasteiger partial charge in [-0.3, -0.25) is 9.59 Å². The second kappa shape index (κ2) is 7.05. The van der Waals surface area contributed by atoms with Crippen LogP contribution < -0.4 is 0 Å². The Morgan fingerprint density at radius 3 is 2.46 bits per heavy atom. The molecule has 1 fully saturated rings. The molecule has 0 radical (unpaired) electrons. The van der Waals surface area contributed by atoms with Gasteiger partial charge in [0.15, 0.2) is 0 Å². The Balaban J connectivity index is 1.58. The molecule has 0 spiro atoms. The van der Waals surface area contributed by atoms with Crippen molar-refractivity contribution in [2.45, 2.75) is 6.42 Å². The Morgan fingerprint density at radius 1 is 1.12 bits per heavy atom. The van der Waals surface area contributed by atoms with Crippen molar-refractivity contribution in [2.75, 3.05) is 26.2 Å². The number of hydrogen-bond acceptors (Lipinski definition) is 3. The fourth-order valence-electron chi connectivity index (χ4n) is 2.69. The minimum atomic E-state index is -0.482. The lowest BCUT2D eigenvalue weighted by Gasteiger charge is -2.34. The molecule has 7 heteroatoms. The lowest BCUT2D eigenvalue weighted by Crippen LogP contribution is -2.51. The molecule has 2 amide bonds. The maximum absolute atomic E-state index is 13.8. The zero-order valence-electron chi connectivity index (χ0n) is 12.9. The highest BCUT2D eigenvalue weighted by atomic mass is 35.5. The van der Waals surface area contributed by atoms with E-state index in [1.165, 1.54) is 24.7 Å². The number of nitrogens with zero attached hydrogens (tertiary/aromatic N) is 2. The van der Waals surface area contributed by atoms with Gasteiger partial charge in [0.2, 0.25) is 5.91 Å². The zero-order chi connectivity index (χ0) is 17.1. The van der Waals surface area contributed by atoms with E-state index in [2.05, 4.69) is 0 Å². The van der Waals surface area contributed by atoms with E-state index in [0.717, 1.165) is 0 Å². The number of carbonyl (C=O) groups excluding carboxylic acids is 2. The third kappa shape index (κ3) is 3.43. The Bertz CT molecular complexity index is 720. The summed E-state index contributed by atoms with van der Waals surface area (Å²) in [5.74, 6) is -0.796. The van der Waals surface area contributed by atoms with Crippen LogP contribution in [-0.2, 0) is 11.2 Å². The molecule has 3 rings (SSSR count). The smallest absolute Gasteiger partial charge is 0.257 e. The summed E-state index contributed by atoms with van der Waals surface area (Å²) >= 11 is 5.96. The molecule has 24 heavy (non-hydrogen) atoms. The number of carbonyl (C=O) groups is 2. The van der Waals surface area contributed by atoms with Crippen molar-refractivity contribution in [3.63, 3.8) is 0 Å². The molecule has 1 aliphatic heterocycles. The second-order valence-corrected chi connectivity index (χ2v) is 5.97. The molecule has 0 N–H and O–H groups in total. The van der Waals surface area contributed by atoms with Crippen LogP contribution >= 0.6 is 11.6 Å². The number of hydrogen-bond donors (Lipinski definition) is 0. The van der Waals surface area contributed by atoms with Crippen molar-refractivity contribution < 1.29 is 18.4 Å². The van der Waals surface area contributed by atoms with Gasteiger partial charge in [0.05, 0.1) is 18.2 Å². The predicted molar refractivity (Wildman–Crippen MR) is 86.3 cm³/mol. The highest BCUT2D eigenvalue weighted by Gasteiger charge is 2.26. The largest absolute Gasteiger partial charge is 0.472 e. The first-order valence-electron chi connectivity index (χ1n) is 7.58. The molecule has 0 bridgehead atoms. The predicted octanol–water partition coefficient (Wildman–Crippen LogP) is 2.60. The van der Waals surface area contributed by atoms with Crippen LogP contribution in [0.2, 0.25) is 5.02 Å². The normalized spacial score (nSPS) is 14.8. The van der Waals surface area contributed by atoms with Crippen molar-refractivity contribution in [1.82, 2.24) is 9.80 Å². The quantitative estimate of drug-likeness (QED) is 0.855. The van der Waals surface area contributed by atoms with E-state index in [0.29, 0.717) is 31.7 Å². The minimum absolute atomic E-state index is 0.0822. The molecular formula is C17H16ClFN2O3. The number of piperazine rings is 1. The molecule has 126 valence electrons. The first-order valence-corrected chi connectivity index (χ1v) is 7.96. The third-order valence-electron chi connectivity index (χ3n) is 4.08. The van der Waals surface area contributed by atoms with Gasteiger partial charge < -0.3 is 14.2 Å². The lowest BCUT2D eigenvalue weighted by molar-refractivity contribution is -0.132. The molecule has 1 saturated heterocycles. The Kier molecular flexibility index (Phi) is 4.85. The summed E-state index contributed by atoms with van der Waals surface area (Å²) in [6.45, 7) is 1.69. The Hall–Kier alpha value is -2.34. The zero-order valence-corrected chi connectivity index (χ0v) is 13.6. The van der Waals surface area contributed by atoms with Crippen LogP contribution in [0.4, 0.5) is 4.39 Å². The second-order valence-electron chi connectivity index (χ2n) is 5.56. The molecule has 1 aliphatic rings. The number of halogens is 2. The monoisotopic (exact) mass is 350 g/mol. The lowest BCUT2D eigenvalue weighted by atomic mass is 10.1. The van der Waals surface area contributed by atoms with Gasteiger partial charge in [-0.05, 0) is 18.2 Å². The van der Waals surface area contributed by atoms with E-state index in [-0.39, 0.29) is 28.8 Å². The van der Waals surface area contributed by atoms with Crippen LogP contribution in [0.25, 0.3) is 0 Å². The van der Waals surface area contributed by atoms with Crippen molar-refractivity contribution in [3.05, 3.63) is 58.8 Å². The van der Waals surface area contributed by atoms with Crippen LogP contribution in [-0.4, -0.2) is 47.8 Å². The fraction of sp³-hybridized carbons (Fsp3) is 0.294. The average Bonchev–Trinajstić information content (AvgIpc) is 3.12. The summed E-state index contributed by atoms with van der Waals surface area (Å²) in [4.78, 5) is 27.9. The molecular weight excluding hydrogens is 335 g/mol. The highest BCUT2D eigenvalue weighted by Crippen LogP contribution is 2.20. The van der Waals surface area contributed by atoms with Crippen LogP contribution in [0.3, 0.4) is 0 Å². The van der Waals surface area contributed by atoms with E-state index < -0.39 is 5.82 Å². The maximum atomic E-state index is 13.8. The summed E-state index contributed by atoms with van der Waals surface area (Å²) < 4.78 is 18.7. The Morgan fingerprint density at radius 2 is 1.83 bits per heavy atom. The number of rotatable bonds is 3. The average molecular weight is 351 g/mol. The molecule has 0 saturated carbocycles. The van der Waals surface area contributed by atoms with Gasteiger partial charge in [0.25, 0.3) is 5.91 Å². The van der Waals surface area contributed by atoms with Crippen molar-refractivity contribution in [2.24, 2.45) is 0 Å². The number of benzene rings is 1. The van der Waals surface area contributed by atoms with Gasteiger partial charge in [0.1, 0.15) is 12.1 Å². The summed E-state index contributed by atoms with van der Waals surface area (Å²) in [6, 6.07) is 5.97. The molecule has 0 aliphatic carbocycles. The molecule has 0 unspecified atom stereocenters. The first-order chi connectivity index (χ1) is 11.6. The molecule has 5 nitrogen and oxygen atoms in total. The van der Waals surface area contributed by atoms with E-state index in [9.17, 15) is 14.0 Å². The topological polar surface area (TPSA) is 53.8 Å². The third-order valence-corrected chi connectivity index (χ3v) is 4.43. The van der Waals surface area contributed by atoms with Gasteiger partial charge >= 0.3 is 0 Å². The van der Waals surface area contributed by atoms with Crippen LogP contribution in [0.5, 0.6) is 0 Å². The van der Waals surface area contributed by atoms with Crippen LogP contribution in [0, 0.1) is 5.82 Å². The van der Waals surface area contributed by atoms with Crippen molar-refractivity contribution in [3.8, 4) is 0 Å². The number of furan rings is 1. The van der Waals surface area contributed by atoms with Crippen molar-refractivity contribution in [1.29, 1.82) is 0 Å². The summed E-state index contributed by atoms with van der Waals surface area (Å²) in [5.41, 5.74) is 0.703. The van der Waals surface area contributed by atoms with Crippen LogP contribution in [0.1, 0.15) is 15.9 Å². The van der Waals surface area contributed by atoms with E-state index in [4.69, 9.17) is 16.0 Å². The maximum Gasteiger partial charge on any atom is 0.257 e. The SMILES string of the molecule is O=C(Cc1c(F)cccc1Cl)N1CCN(C(=O)c2ccoc2)CC1. The van der Waals surface area contributed by atoms with Gasteiger partial charge in [-0.15, -0.1) is 0 Å². The first kappa shape index (κ1) is 16.5. The van der Waals surface area contributed by atoms with E-state index in [1.807, 2.05) is 0 Å². The summed E-state index contributed by atoms with van der Waals surface area (Å²) in [6.07, 6.45) is 2.77. The molecule has 2 heterocycles. The molecule has 0 atom stereocenters. The molecule has 2 aromatic rings. The van der Waals surface area contributed by atoms with Crippen LogP contribution in [0.15, 0.2) is 41.2 Å². The van der Waals surface area contributed by atoms with Gasteiger partial charge in [-0.2, -0.15) is 0 Å².